The summed E-state index contributed by atoms with van der Waals surface area (Å²) in [6, 6.07) is 0. The number of rotatable bonds is 5. The normalized spacial score (nSPS) is 26.3. The fourth-order valence-electron chi connectivity index (χ4n) is 2.11. The van der Waals surface area contributed by atoms with Crippen LogP contribution < -0.4 is 5.32 Å². The lowest BCUT2D eigenvalue weighted by molar-refractivity contribution is -0.121. The minimum Gasteiger partial charge on any atom is -0.356 e. The average Bonchev–Trinajstić information content (AvgIpc) is 2.25. The molecule has 0 atom stereocenters. The zero-order valence-electron chi connectivity index (χ0n) is 9.60. The van der Waals surface area contributed by atoms with Crippen LogP contribution in [-0.2, 0) is 4.79 Å². The molecule has 1 N–H and O–H groups in total. The monoisotopic (exact) mass is 231 g/mol. The molecule has 0 saturated heterocycles. The first-order chi connectivity index (χ1) is 7.22. The van der Waals surface area contributed by atoms with E-state index in [1.807, 2.05) is 0 Å². The summed E-state index contributed by atoms with van der Waals surface area (Å²) in [5, 5.41) is 3.00. The first-order valence-corrected chi connectivity index (χ1v) is 6.58. The topological polar surface area (TPSA) is 29.1 Å². The Kier molecular flexibility index (Phi) is 6.07. The molecule has 3 heteroatoms. The maximum atomic E-state index is 11.3. The standard InChI is InChI=1S/C12H22ClNO/c1-10-4-6-11(7-5-10)9-14-12(15)3-2-8-13/h10-11H,2-9H2,1H3,(H,14,15). The number of carbonyl (C=O) groups is 1. The molecule has 0 unspecified atom stereocenters. The molecule has 0 heterocycles. The predicted molar refractivity (Wildman–Crippen MR) is 64.1 cm³/mol. The molecule has 15 heavy (non-hydrogen) atoms. The van der Waals surface area contributed by atoms with Gasteiger partial charge in [0, 0.05) is 18.8 Å². The second kappa shape index (κ2) is 7.10. The van der Waals surface area contributed by atoms with Crippen molar-refractivity contribution in [1.82, 2.24) is 5.32 Å². The third kappa shape index (κ3) is 5.41. The van der Waals surface area contributed by atoms with E-state index in [9.17, 15) is 4.79 Å². The maximum Gasteiger partial charge on any atom is 0.220 e. The van der Waals surface area contributed by atoms with Crippen LogP contribution in [0.4, 0.5) is 0 Å². The summed E-state index contributed by atoms with van der Waals surface area (Å²) >= 11 is 5.53. The number of halogens is 1. The van der Waals surface area contributed by atoms with Crippen LogP contribution in [0, 0.1) is 11.8 Å². The van der Waals surface area contributed by atoms with Crippen LogP contribution in [0.25, 0.3) is 0 Å². The molecule has 1 aliphatic carbocycles. The third-order valence-corrected chi connectivity index (χ3v) is 3.53. The van der Waals surface area contributed by atoms with E-state index in [1.165, 1.54) is 25.7 Å². The fraction of sp³-hybridized carbons (Fsp3) is 0.917. The fourth-order valence-corrected chi connectivity index (χ4v) is 2.24. The number of hydrogen-bond donors (Lipinski definition) is 1. The van der Waals surface area contributed by atoms with Gasteiger partial charge in [-0.25, -0.2) is 0 Å². The molecular weight excluding hydrogens is 210 g/mol. The highest BCUT2D eigenvalue weighted by atomic mass is 35.5. The van der Waals surface area contributed by atoms with Crippen molar-refractivity contribution >= 4 is 17.5 Å². The average molecular weight is 232 g/mol. The molecule has 1 fully saturated rings. The van der Waals surface area contributed by atoms with Crippen LogP contribution in [0.5, 0.6) is 0 Å². The molecule has 0 bridgehead atoms. The SMILES string of the molecule is CC1CCC(CNC(=O)CCCCl)CC1. The van der Waals surface area contributed by atoms with Crippen molar-refractivity contribution in [2.75, 3.05) is 12.4 Å². The quantitative estimate of drug-likeness (QED) is 0.725. The van der Waals surface area contributed by atoms with Crippen LogP contribution >= 0.6 is 11.6 Å². The Morgan fingerprint density at radius 3 is 2.60 bits per heavy atom. The Morgan fingerprint density at radius 1 is 1.33 bits per heavy atom. The summed E-state index contributed by atoms with van der Waals surface area (Å²) in [7, 11) is 0. The summed E-state index contributed by atoms with van der Waals surface area (Å²) < 4.78 is 0. The van der Waals surface area contributed by atoms with Crippen LogP contribution in [0.3, 0.4) is 0 Å². The van der Waals surface area contributed by atoms with Crippen molar-refractivity contribution in [3.63, 3.8) is 0 Å². The Labute approximate surface area is 97.8 Å². The van der Waals surface area contributed by atoms with E-state index in [0.717, 1.165) is 18.9 Å². The molecule has 1 rings (SSSR count). The highest BCUT2D eigenvalue weighted by Crippen LogP contribution is 2.27. The van der Waals surface area contributed by atoms with E-state index in [2.05, 4.69) is 12.2 Å². The van der Waals surface area contributed by atoms with Gasteiger partial charge >= 0.3 is 0 Å². The molecule has 1 saturated carbocycles. The molecule has 1 aliphatic rings. The summed E-state index contributed by atoms with van der Waals surface area (Å²) in [5.41, 5.74) is 0. The summed E-state index contributed by atoms with van der Waals surface area (Å²) in [4.78, 5) is 11.3. The first-order valence-electron chi connectivity index (χ1n) is 6.05. The first kappa shape index (κ1) is 12.8. The van der Waals surface area contributed by atoms with Crippen LogP contribution in [0.1, 0.15) is 45.4 Å². The molecule has 0 spiro atoms. The lowest BCUT2D eigenvalue weighted by Gasteiger charge is -2.26. The molecule has 2 nitrogen and oxygen atoms in total. The zero-order valence-corrected chi connectivity index (χ0v) is 10.4. The molecule has 1 amide bonds. The third-order valence-electron chi connectivity index (χ3n) is 3.26. The number of hydrogen-bond acceptors (Lipinski definition) is 1. The van der Waals surface area contributed by atoms with Crippen molar-refractivity contribution < 1.29 is 4.79 Å². The van der Waals surface area contributed by atoms with E-state index in [-0.39, 0.29) is 5.91 Å². The van der Waals surface area contributed by atoms with E-state index in [1.54, 1.807) is 0 Å². The van der Waals surface area contributed by atoms with Crippen LogP contribution in [-0.4, -0.2) is 18.3 Å². The molecule has 88 valence electrons. The Bertz CT molecular complexity index is 188. The van der Waals surface area contributed by atoms with Gasteiger partial charge in [0.05, 0.1) is 0 Å². The van der Waals surface area contributed by atoms with E-state index in [0.29, 0.717) is 18.2 Å². The van der Waals surface area contributed by atoms with E-state index >= 15 is 0 Å². The largest absolute Gasteiger partial charge is 0.356 e. The highest BCUT2D eigenvalue weighted by molar-refractivity contribution is 6.17. The minimum absolute atomic E-state index is 0.161. The van der Waals surface area contributed by atoms with Crippen LogP contribution in [0.15, 0.2) is 0 Å². The molecule has 0 aromatic heterocycles. The zero-order chi connectivity index (χ0) is 11.1. The number of nitrogens with one attached hydrogen (secondary N) is 1. The van der Waals surface area contributed by atoms with E-state index in [4.69, 9.17) is 11.6 Å². The van der Waals surface area contributed by atoms with Gasteiger partial charge in [0.1, 0.15) is 0 Å². The summed E-state index contributed by atoms with van der Waals surface area (Å²) in [5.74, 6) is 2.33. The predicted octanol–water partition coefficient (Wildman–Crippen LogP) is 2.95. The molecule has 0 aliphatic heterocycles. The van der Waals surface area contributed by atoms with Crippen molar-refractivity contribution in [3.05, 3.63) is 0 Å². The molecule has 0 radical (unpaired) electrons. The lowest BCUT2D eigenvalue weighted by Crippen LogP contribution is -2.30. The van der Waals surface area contributed by atoms with Gasteiger partial charge in [-0.2, -0.15) is 0 Å². The van der Waals surface area contributed by atoms with Gasteiger partial charge in [-0.05, 0) is 31.1 Å². The van der Waals surface area contributed by atoms with Gasteiger partial charge in [-0.1, -0.05) is 19.8 Å². The Morgan fingerprint density at radius 2 is 2.00 bits per heavy atom. The van der Waals surface area contributed by atoms with Gasteiger partial charge in [0.2, 0.25) is 5.91 Å². The summed E-state index contributed by atoms with van der Waals surface area (Å²) in [6.45, 7) is 3.18. The number of amides is 1. The van der Waals surface area contributed by atoms with Gasteiger partial charge in [-0.15, -0.1) is 11.6 Å². The second-order valence-electron chi connectivity index (χ2n) is 4.72. The Hall–Kier alpha value is -0.240. The van der Waals surface area contributed by atoms with Crippen molar-refractivity contribution in [2.24, 2.45) is 11.8 Å². The number of carbonyl (C=O) groups excluding carboxylic acids is 1. The summed E-state index contributed by atoms with van der Waals surface area (Å²) in [6.07, 6.45) is 6.56. The van der Waals surface area contributed by atoms with Gasteiger partial charge in [-0.3, -0.25) is 4.79 Å². The van der Waals surface area contributed by atoms with Crippen molar-refractivity contribution in [3.8, 4) is 0 Å². The Balaban J connectivity index is 2.06. The highest BCUT2D eigenvalue weighted by Gasteiger charge is 2.18. The number of alkyl halides is 1. The van der Waals surface area contributed by atoms with Crippen molar-refractivity contribution in [2.45, 2.75) is 45.4 Å². The maximum absolute atomic E-state index is 11.3. The smallest absolute Gasteiger partial charge is 0.220 e. The van der Waals surface area contributed by atoms with Crippen LogP contribution in [0.2, 0.25) is 0 Å². The molecule has 0 aromatic rings. The molecular formula is C12H22ClNO. The minimum atomic E-state index is 0.161. The molecule has 0 aromatic carbocycles. The second-order valence-corrected chi connectivity index (χ2v) is 5.10. The van der Waals surface area contributed by atoms with Crippen molar-refractivity contribution in [1.29, 1.82) is 0 Å². The van der Waals surface area contributed by atoms with E-state index < -0.39 is 0 Å². The van der Waals surface area contributed by atoms with Gasteiger partial charge < -0.3 is 5.32 Å². The van der Waals surface area contributed by atoms with Gasteiger partial charge in [0.25, 0.3) is 0 Å². The van der Waals surface area contributed by atoms with Gasteiger partial charge in [0.15, 0.2) is 0 Å². The lowest BCUT2D eigenvalue weighted by atomic mass is 9.83.